The fraction of sp³-hybridized carbons (Fsp3) is 0.429. The molecule has 0 amide bonds. The summed E-state index contributed by atoms with van der Waals surface area (Å²) in [5.74, 6) is -2.91. The molecule has 1 fully saturated rings. The quantitative estimate of drug-likeness (QED) is 0.750. The number of carbonyl (C=O) groups is 2. The van der Waals surface area contributed by atoms with E-state index in [1.54, 1.807) is 17.8 Å². The molecular weight excluding hydrogens is 338 g/mol. The minimum absolute atomic E-state index is 0.000537. The van der Waals surface area contributed by atoms with E-state index in [1.165, 1.54) is 22.7 Å². The van der Waals surface area contributed by atoms with Gasteiger partial charge in [-0.2, -0.15) is 0 Å². The molecule has 0 unspecified atom stereocenters. The van der Waals surface area contributed by atoms with Crippen LogP contribution in [0.2, 0.25) is 0 Å². The molecule has 1 aliphatic heterocycles. The van der Waals surface area contributed by atoms with Crippen LogP contribution >= 0.6 is 22.7 Å². The van der Waals surface area contributed by atoms with Gasteiger partial charge in [-0.3, -0.25) is 14.9 Å². The zero-order valence-corrected chi connectivity index (χ0v) is 13.9. The zero-order valence-electron chi connectivity index (χ0n) is 12.2. The van der Waals surface area contributed by atoms with Crippen molar-refractivity contribution in [2.24, 2.45) is 5.92 Å². The largest absolute Gasteiger partial charge is 0.481 e. The third kappa shape index (κ3) is 2.99. The first-order chi connectivity index (χ1) is 10.9. The summed E-state index contributed by atoms with van der Waals surface area (Å²) in [5, 5.41) is 25.3. The first-order valence-corrected chi connectivity index (χ1v) is 8.65. The lowest BCUT2D eigenvalue weighted by Crippen LogP contribution is -2.50. The number of nitrogens with one attached hydrogen (secondary N) is 1. The number of thiazole rings is 2. The SMILES string of the molecule is Cc1cnc([C@@H]2N[C@](Cc3nccs3)(C(=O)O)C[C@@H]2C(=O)O)s1. The molecule has 3 N–H and O–H groups in total. The van der Waals surface area contributed by atoms with Gasteiger partial charge >= 0.3 is 11.9 Å². The second kappa shape index (κ2) is 5.99. The van der Waals surface area contributed by atoms with Crippen molar-refractivity contribution in [3.8, 4) is 0 Å². The number of rotatable bonds is 5. The Morgan fingerprint density at radius 2 is 2.22 bits per heavy atom. The number of nitrogens with zero attached hydrogens (tertiary/aromatic N) is 2. The summed E-state index contributed by atoms with van der Waals surface area (Å²) >= 11 is 2.75. The number of aryl methyl sites for hydroxylation is 1. The normalized spacial score (nSPS) is 27.2. The maximum atomic E-state index is 11.9. The van der Waals surface area contributed by atoms with Crippen molar-refractivity contribution in [1.29, 1.82) is 0 Å². The Morgan fingerprint density at radius 1 is 1.43 bits per heavy atom. The van der Waals surface area contributed by atoms with Crippen LogP contribution in [0.1, 0.15) is 27.4 Å². The highest BCUT2D eigenvalue weighted by atomic mass is 32.1. The Bertz CT molecular complexity index is 730. The molecule has 9 heteroatoms. The fourth-order valence-corrected chi connectivity index (χ4v) is 4.50. The predicted octanol–water partition coefficient (Wildman–Crippen LogP) is 1.71. The highest BCUT2D eigenvalue weighted by Crippen LogP contribution is 2.41. The number of carboxylic acid groups (broad SMARTS) is 2. The maximum Gasteiger partial charge on any atom is 0.324 e. The minimum Gasteiger partial charge on any atom is -0.481 e. The van der Waals surface area contributed by atoms with Gasteiger partial charge in [-0.05, 0) is 13.3 Å². The predicted molar refractivity (Wildman–Crippen MR) is 84.7 cm³/mol. The van der Waals surface area contributed by atoms with E-state index in [2.05, 4.69) is 15.3 Å². The van der Waals surface area contributed by atoms with Crippen LogP contribution < -0.4 is 5.32 Å². The summed E-state index contributed by atoms with van der Waals surface area (Å²) in [4.78, 5) is 32.9. The van der Waals surface area contributed by atoms with Crippen LogP contribution in [-0.4, -0.2) is 37.7 Å². The van der Waals surface area contributed by atoms with Crippen LogP contribution in [0, 0.1) is 12.8 Å². The van der Waals surface area contributed by atoms with Gasteiger partial charge in [0.15, 0.2) is 0 Å². The third-order valence-corrected chi connectivity index (χ3v) is 5.75. The molecule has 3 heterocycles. The van der Waals surface area contributed by atoms with Gasteiger partial charge in [0.05, 0.1) is 17.0 Å². The Hall–Kier alpha value is -1.84. The number of aromatic nitrogens is 2. The van der Waals surface area contributed by atoms with Crippen molar-refractivity contribution < 1.29 is 19.8 Å². The van der Waals surface area contributed by atoms with Gasteiger partial charge in [-0.1, -0.05) is 0 Å². The van der Waals surface area contributed by atoms with E-state index in [-0.39, 0.29) is 12.8 Å². The molecule has 122 valence electrons. The van der Waals surface area contributed by atoms with Crippen molar-refractivity contribution in [3.63, 3.8) is 0 Å². The minimum atomic E-state index is -1.34. The van der Waals surface area contributed by atoms with Crippen LogP contribution in [0.25, 0.3) is 0 Å². The maximum absolute atomic E-state index is 11.9. The van der Waals surface area contributed by atoms with E-state index in [1.807, 2.05) is 6.92 Å². The van der Waals surface area contributed by atoms with Gasteiger partial charge in [0.1, 0.15) is 10.5 Å². The molecule has 0 aromatic carbocycles. The number of hydrogen-bond acceptors (Lipinski definition) is 7. The Morgan fingerprint density at radius 3 is 2.74 bits per heavy atom. The van der Waals surface area contributed by atoms with Crippen molar-refractivity contribution in [3.05, 3.63) is 32.7 Å². The molecule has 0 spiro atoms. The summed E-state index contributed by atoms with van der Waals surface area (Å²) in [7, 11) is 0. The van der Waals surface area contributed by atoms with Gasteiger partial charge in [0, 0.05) is 29.1 Å². The highest BCUT2D eigenvalue weighted by molar-refractivity contribution is 7.11. The van der Waals surface area contributed by atoms with E-state index < -0.39 is 29.4 Å². The highest BCUT2D eigenvalue weighted by Gasteiger charge is 2.54. The molecule has 0 radical (unpaired) electrons. The molecular formula is C14H15N3O4S2. The Labute approximate surface area is 140 Å². The molecule has 2 aromatic rings. The monoisotopic (exact) mass is 353 g/mol. The molecule has 0 aliphatic carbocycles. The van der Waals surface area contributed by atoms with Crippen molar-refractivity contribution in [2.45, 2.75) is 31.3 Å². The molecule has 3 atom stereocenters. The van der Waals surface area contributed by atoms with Gasteiger partial charge in [0.2, 0.25) is 0 Å². The van der Waals surface area contributed by atoms with E-state index in [4.69, 9.17) is 0 Å². The Kier molecular flexibility index (Phi) is 4.17. The lowest BCUT2D eigenvalue weighted by molar-refractivity contribution is -0.145. The number of aliphatic carboxylic acids is 2. The van der Waals surface area contributed by atoms with Gasteiger partial charge < -0.3 is 10.2 Å². The first kappa shape index (κ1) is 16.0. The van der Waals surface area contributed by atoms with Gasteiger partial charge in [0.25, 0.3) is 0 Å². The van der Waals surface area contributed by atoms with Crippen LogP contribution in [0.5, 0.6) is 0 Å². The van der Waals surface area contributed by atoms with Crippen LogP contribution in [0.15, 0.2) is 17.8 Å². The fourth-order valence-electron chi connectivity index (χ4n) is 2.88. The van der Waals surface area contributed by atoms with E-state index in [0.29, 0.717) is 10.0 Å². The summed E-state index contributed by atoms with van der Waals surface area (Å²) in [5.41, 5.74) is -1.34. The molecule has 7 nitrogen and oxygen atoms in total. The molecule has 1 saturated heterocycles. The van der Waals surface area contributed by atoms with Crippen molar-refractivity contribution in [1.82, 2.24) is 15.3 Å². The van der Waals surface area contributed by atoms with Crippen LogP contribution in [-0.2, 0) is 16.0 Å². The van der Waals surface area contributed by atoms with Crippen LogP contribution in [0.4, 0.5) is 0 Å². The topological polar surface area (TPSA) is 112 Å². The van der Waals surface area contributed by atoms with E-state index in [0.717, 1.165) is 4.88 Å². The van der Waals surface area contributed by atoms with Crippen molar-refractivity contribution in [2.75, 3.05) is 0 Å². The summed E-state index contributed by atoms with van der Waals surface area (Å²) in [6.45, 7) is 1.88. The second-order valence-electron chi connectivity index (χ2n) is 5.57. The molecule has 0 saturated carbocycles. The molecule has 23 heavy (non-hydrogen) atoms. The Balaban J connectivity index is 1.96. The zero-order chi connectivity index (χ0) is 16.6. The van der Waals surface area contributed by atoms with Crippen molar-refractivity contribution >= 4 is 34.6 Å². The summed E-state index contributed by atoms with van der Waals surface area (Å²) < 4.78 is 0. The number of carboxylic acids is 2. The van der Waals surface area contributed by atoms with Gasteiger partial charge in [-0.25, -0.2) is 9.97 Å². The van der Waals surface area contributed by atoms with E-state index in [9.17, 15) is 19.8 Å². The molecule has 1 aliphatic rings. The lowest BCUT2D eigenvalue weighted by atomic mass is 9.89. The van der Waals surface area contributed by atoms with Gasteiger partial charge in [-0.15, -0.1) is 22.7 Å². The second-order valence-corrected chi connectivity index (χ2v) is 7.82. The average molecular weight is 353 g/mol. The van der Waals surface area contributed by atoms with Crippen LogP contribution in [0.3, 0.4) is 0 Å². The molecule has 2 aromatic heterocycles. The average Bonchev–Trinajstić information content (AvgIpc) is 3.19. The molecule has 3 rings (SSSR count). The summed E-state index contributed by atoms with van der Waals surface area (Å²) in [6, 6.07) is -0.609. The van der Waals surface area contributed by atoms with E-state index >= 15 is 0 Å². The summed E-state index contributed by atoms with van der Waals surface area (Å²) in [6.07, 6.45) is 3.44. The smallest absolute Gasteiger partial charge is 0.324 e. The first-order valence-electron chi connectivity index (χ1n) is 6.96. The lowest BCUT2D eigenvalue weighted by Gasteiger charge is -2.24. The number of hydrogen-bond donors (Lipinski definition) is 3. The third-order valence-electron chi connectivity index (χ3n) is 3.97. The standard InChI is InChI=1S/C14H15N3O4S2/c1-7-6-16-11(23-7)10-8(12(18)19)4-14(17-10,13(20)21)5-9-15-2-3-22-9/h2-3,6,8,10,17H,4-5H2,1H3,(H,18,19)(H,20,21)/t8-,10+,14+/m0/s1. The molecule has 0 bridgehead atoms.